The molecular weight excluding hydrogens is 400 g/mol. The molecule has 2 amide bonds. The molecule has 3 rings (SSSR count). The minimum atomic E-state index is -0.771. The number of hydrogen-bond acceptors (Lipinski definition) is 6. The van der Waals surface area contributed by atoms with Gasteiger partial charge in [0, 0.05) is 11.1 Å². The van der Waals surface area contributed by atoms with Crippen molar-refractivity contribution in [2.75, 3.05) is 14.2 Å². The van der Waals surface area contributed by atoms with Crippen molar-refractivity contribution >= 4 is 11.8 Å². The Morgan fingerprint density at radius 2 is 1.84 bits per heavy atom. The summed E-state index contributed by atoms with van der Waals surface area (Å²) in [6.45, 7) is 3.70. The lowest BCUT2D eigenvalue weighted by molar-refractivity contribution is 0.0842. The summed E-state index contributed by atoms with van der Waals surface area (Å²) in [5, 5.41) is 14.1. The highest BCUT2D eigenvalue weighted by molar-refractivity contribution is 5.99. The van der Waals surface area contributed by atoms with E-state index >= 15 is 0 Å². The molecule has 0 bridgehead atoms. The maximum atomic E-state index is 12.6. The number of allylic oxidation sites excluding steroid dienone is 1. The van der Waals surface area contributed by atoms with Crippen molar-refractivity contribution in [2.24, 2.45) is 0 Å². The van der Waals surface area contributed by atoms with Crippen molar-refractivity contribution in [3.05, 3.63) is 78.1 Å². The Labute approximate surface area is 178 Å². The third-order valence-corrected chi connectivity index (χ3v) is 4.40. The lowest BCUT2D eigenvalue weighted by Crippen LogP contribution is -2.41. The van der Waals surface area contributed by atoms with Crippen molar-refractivity contribution < 1.29 is 24.2 Å². The van der Waals surface area contributed by atoms with Gasteiger partial charge in [0.05, 0.1) is 26.1 Å². The zero-order chi connectivity index (χ0) is 22.4. The van der Waals surface area contributed by atoms with Crippen LogP contribution < -0.4 is 20.3 Å². The van der Waals surface area contributed by atoms with Gasteiger partial charge in [0.15, 0.2) is 22.9 Å². The summed E-state index contributed by atoms with van der Waals surface area (Å²) in [5.74, 6) is -0.805. The predicted molar refractivity (Wildman–Crippen MR) is 114 cm³/mol. The number of para-hydroxylation sites is 1. The number of amides is 2. The highest BCUT2D eigenvalue weighted by Gasteiger charge is 2.19. The molecule has 0 aliphatic carbocycles. The molecule has 0 spiro atoms. The van der Waals surface area contributed by atoms with E-state index in [0.29, 0.717) is 29.2 Å². The monoisotopic (exact) mass is 422 g/mol. The number of hydrogen-bond donors (Lipinski definition) is 3. The molecule has 0 aliphatic heterocycles. The molecule has 9 nitrogen and oxygen atoms in total. The molecule has 31 heavy (non-hydrogen) atoms. The largest absolute Gasteiger partial charge is 0.504 e. The van der Waals surface area contributed by atoms with E-state index in [0.717, 1.165) is 0 Å². The van der Waals surface area contributed by atoms with Crippen molar-refractivity contribution in [3.63, 3.8) is 0 Å². The van der Waals surface area contributed by atoms with Crippen LogP contribution in [0.2, 0.25) is 0 Å². The van der Waals surface area contributed by atoms with E-state index in [1.807, 2.05) is 6.07 Å². The predicted octanol–water partition coefficient (Wildman–Crippen LogP) is 2.40. The Bertz CT molecular complexity index is 1110. The molecule has 0 fully saturated rings. The van der Waals surface area contributed by atoms with Gasteiger partial charge < -0.3 is 14.6 Å². The first-order chi connectivity index (χ1) is 15.0. The molecule has 1 aromatic heterocycles. The Balaban J connectivity index is 1.75. The number of carbonyl (C=O) groups excluding carboxylic acids is 2. The third-order valence-electron chi connectivity index (χ3n) is 4.40. The number of nitrogens with zero attached hydrogens (tertiary/aromatic N) is 2. The zero-order valence-corrected chi connectivity index (χ0v) is 17.1. The van der Waals surface area contributed by atoms with Gasteiger partial charge in [0.1, 0.15) is 0 Å². The fourth-order valence-electron chi connectivity index (χ4n) is 2.97. The lowest BCUT2D eigenvalue weighted by atomic mass is 10.1. The molecule has 3 aromatic rings. The van der Waals surface area contributed by atoms with Crippen LogP contribution in [-0.2, 0) is 6.42 Å². The number of nitrogens with one attached hydrogen (secondary N) is 2. The summed E-state index contributed by atoms with van der Waals surface area (Å²) in [6, 6.07) is 12.1. The number of methoxy groups -OCH3 is 2. The molecule has 9 heteroatoms. The van der Waals surface area contributed by atoms with Gasteiger partial charge in [-0.3, -0.25) is 20.4 Å². The molecule has 0 radical (unpaired) electrons. The van der Waals surface area contributed by atoms with Crippen LogP contribution in [0.25, 0.3) is 5.69 Å². The normalized spacial score (nSPS) is 10.3. The number of benzene rings is 2. The Morgan fingerprint density at radius 3 is 2.48 bits per heavy atom. The average molecular weight is 422 g/mol. The molecule has 160 valence electrons. The van der Waals surface area contributed by atoms with Crippen molar-refractivity contribution in [2.45, 2.75) is 6.42 Å². The number of hydrazine groups is 1. The molecule has 0 saturated heterocycles. The third kappa shape index (κ3) is 4.67. The van der Waals surface area contributed by atoms with Gasteiger partial charge in [-0.25, -0.2) is 4.68 Å². The van der Waals surface area contributed by atoms with Crippen LogP contribution in [0.3, 0.4) is 0 Å². The summed E-state index contributed by atoms with van der Waals surface area (Å²) >= 11 is 0. The van der Waals surface area contributed by atoms with Crippen LogP contribution in [0.15, 0.2) is 61.3 Å². The highest BCUT2D eigenvalue weighted by Crippen LogP contribution is 2.33. The highest BCUT2D eigenvalue weighted by atomic mass is 16.5. The fraction of sp³-hybridized carbons (Fsp3) is 0.136. The molecular formula is C22H22N4O5. The van der Waals surface area contributed by atoms with Crippen LogP contribution in [0.1, 0.15) is 26.4 Å². The van der Waals surface area contributed by atoms with Gasteiger partial charge in [-0.05, 0) is 30.7 Å². The Kier molecular flexibility index (Phi) is 6.56. The van der Waals surface area contributed by atoms with Crippen LogP contribution in [0.5, 0.6) is 17.2 Å². The van der Waals surface area contributed by atoms with E-state index in [4.69, 9.17) is 9.47 Å². The van der Waals surface area contributed by atoms with Gasteiger partial charge in [0.25, 0.3) is 11.8 Å². The van der Waals surface area contributed by atoms with Gasteiger partial charge >= 0.3 is 0 Å². The Morgan fingerprint density at radius 1 is 1.13 bits per heavy atom. The Hall–Kier alpha value is -4.27. The van der Waals surface area contributed by atoms with Crippen molar-refractivity contribution in [1.29, 1.82) is 0 Å². The smallest absolute Gasteiger partial charge is 0.294 e. The average Bonchev–Trinajstić information content (AvgIpc) is 3.19. The summed E-state index contributed by atoms with van der Waals surface area (Å²) in [6.07, 6.45) is 3.44. The van der Waals surface area contributed by atoms with E-state index in [-0.39, 0.29) is 17.0 Å². The van der Waals surface area contributed by atoms with Gasteiger partial charge in [-0.15, -0.1) is 6.58 Å². The van der Waals surface area contributed by atoms with Crippen LogP contribution >= 0.6 is 0 Å². The van der Waals surface area contributed by atoms with E-state index < -0.39 is 11.8 Å². The molecule has 0 atom stereocenters. The lowest BCUT2D eigenvalue weighted by Gasteiger charge is -2.14. The topological polar surface area (TPSA) is 115 Å². The molecule has 2 aromatic carbocycles. The van der Waals surface area contributed by atoms with E-state index in [1.54, 1.807) is 36.4 Å². The number of aromatic nitrogens is 2. The first-order valence-electron chi connectivity index (χ1n) is 9.29. The van der Waals surface area contributed by atoms with Crippen LogP contribution in [-0.4, -0.2) is 40.9 Å². The quantitative estimate of drug-likeness (QED) is 0.398. The maximum absolute atomic E-state index is 12.6. The first-order valence-corrected chi connectivity index (χ1v) is 9.29. The summed E-state index contributed by atoms with van der Waals surface area (Å²) in [7, 11) is 2.97. The SMILES string of the molecule is C=CCc1cc(C(=O)NNC(=O)c2nn(-c3ccccc3)cc2O)cc(OC)c1OC. The second-order valence-electron chi connectivity index (χ2n) is 6.41. The van der Waals surface area contributed by atoms with Crippen molar-refractivity contribution in [1.82, 2.24) is 20.6 Å². The zero-order valence-electron chi connectivity index (χ0n) is 17.1. The van der Waals surface area contributed by atoms with E-state index in [2.05, 4.69) is 22.5 Å². The number of aromatic hydroxyl groups is 1. The summed E-state index contributed by atoms with van der Waals surface area (Å²) < 4.78 is 12.0. The van der Waals surface area contributed by atoms with Crippen molar-refractivity contribution in [3.8, 4) is 22.9 Å². The van der Waals surface area contributed by atoms with E-state index in [1.165, 1.54) is 31.2 Å². The first kappa shape index (κ1) is 21.4. The standard InChI is InChI=1S/C22H22N4O5/c1-4-8-14-11-15(12-18(30-2)20(14)31-3)21(28)23-24-22(29)19-17(27)13-26(25-19)16-9-6-5-7-10-16/h4-7,9-13,27H,1,8H2,2-3H3,(H,23,28)(H,24,29). The minimum absolute atomic E-state index is 0.233. The second kappa shape index (κ2) is 9.49. The van der Waals surface area contributed by atoms with Crippen LogP contribution in [0, 0.1) is 0 Å². The molecule has 3 N–H and O–H groups in total. The van der Waals surface area contributed by atoms with E-state index in [9.17, 15) is 14.7 Å². The number of carbonyl (C=O) groups is 2. The number of ether oxygens (including phenoxy) is 2. The summed E-state index contributed by atoms with van der Waals surface area (Å²) in [5.41, 5.74) is 5.95. The molecule has 1 heterocycles. The fourth-order valence-corrected chi connectivity index (χ4v) is 2.97. The molecule has 0 unspecified atom stereocenters. The second-order valence-corrected chi connectivity index (χ2v) is 6.41. The summed E-state index contributed by atoms with van der Waals surface area (Å²) in [4.78, 5) is 25.0. The van der Waals surface area contributed by atoms with Crippen LogP contribution in [0.4, 0.5) is 0 Å². The molecule has 0 saturated carbocycles. The minimum Gasteiger partial charge on any atom is -0.504 e. The maximum Gasteiger partial charge on any atom is 0.294 e. The number of rotatable bonds is 7. The molecule has 0 aliphatic rings. The van der Waals surface area contributed by atoms with Gasteiger partial charge in [-0.2, -0.15) is 5.10 Å². The van der Waals surface area contributed by atoms with Gasteiger partial charge in [-0.1, -0.05) is 24.3 Å². The van der Waals surface area contributed by atoms with Gasteiger partial charge in [0.2, 0.25) is 0 Å².